The molecule has 0 aliphatic carbocycles. The van der Waals surface area contributed by atoms with Crippen molar-refractivity contribution in [1.29, 1.82) is 5.26 Å². The fraction of sp³-hybridized carbons (Fsp3) is 0.455. The van der Waals surface area contributed by atoms with Crippen LogP contribution in [0.25, 0.3) is 0 Å². The van der Waals surface area contributed by atoms with Gasteiger partial charge in [0.25, 0.3) is 0 Å². The van der Waals surface area contributed by atoms with Crippen LogP contribution in [0.1, 0.15) is 33.6 Å². The van der Waals surface area contributed by atoms with Crippen LogP contribution in [0.4, 0.5) is 0 Å². The van der Waals surface area contributed by atoms with Gasteiger partial charge in [-0.15, -0.1) is 0 Å². The minimum atomic E-state index is 0.636. The Kier molecular flexibility index (Phi) is 6.13. The summed E-state index contributed by atoms with van der Waals surface area (Å²) in [5.74, 6) is 0. The van der Waals surface area contributed by atoms with Gasteiger partial charge in [-0.05, 0) is 31.9 Å². The predicted octanol–water partition coefficient (Wildman–Crippen LogP) is 2.28. The number of nitrogens with one attached hydrogen (secondary N) is 1. The van der Waals surface area contributed by atoms with Crippen LogP contribution in [0.2, 0.25) is 0 Å². The first-order valence-electron chi connectivity index (χ1n) is 4.64. The van der Waals surface area contributed by atoms with Gasteiger partial charge >= 0.3 is 0 Å². The highest BCUT2D eigenvalue weighted by Crippen LogP contribution is 2.13. The number of carbonyl (C=O) groups excluding carboxylic acids is 1. The van der Waals surface area contributed by atoms with Gasteiger partial charge in [0.2, 0.25) is 6.41 Å². The van der Waals surface area contributed by atoms with E-state index in [1.165, 1.54) is 0 Å². The highest BCUT2D eigenvalue weighted by atomic mass is 16.1. The summed E-state index contributed by atoms with van der Waals surface area (Å²) in [5.41, 5.74) is 2.46. The molecule has 3 nitrogen and oxygen atoms in total. The first-order valence-corrected chi connectivity index (χ1v) is 4.64. The Balaban J connectivity index is 4.78. The molecule has 1 amide bonds. The van der Waals surface area contributed by atoms with E-state index in [1.807, 2.05) is 6.08 Å². The van der Waals surface area contributed by atoms with Crippen molar-refractivity contribution in [1.82, 2.24) is 5.32 Å². The number of amides is 1. The van der Waals surface area contributed by atoms with Gasteiger partial charge in [-0.2, -0.15) is 5.26 Å². The molecule has 0 radical (unpaired) electrons. The fourth-order valence-electron chi connectivity index (χ4n) is 1.11. The van der Waals surface area contributed by atoms with Crippen LogP contribution in [0.5, 0.6) is 0 Å². The maximum atomic E-state index is 10.2. The molecule has 0 rings (SSSR count). The Hall–Kier alpha value is -1.56. The van der Waals surface area contributed by atoms with E-state index in [1.54, 1.807) is 13.8 Å². The fourth-order valence-corrected chi connectivity index (χ4v) is 1.11. The van der Waals surface area contributed by atoms with Gasteiger partial charge in [0.05, 0.1) is 6.07 Å². The molecule has 0 aliphatic rings. The molecule has 0 unspecified atom stereocenters. The number of carbonyl (C=O) groups is 1. The van der Waals surface area contributed by atoms with Crippen LogP contribution in [0, 0.1) is 11.3 Å². The maximum Gasteiger partial charge on any atom is 0.211 e. The zero-order chi connectivity index (χ0) is 11.0. The van der Waals surface area contributed by atoms with E-state index in [2.05, 4.69) is 18.3 Å². The number of nitrogens with zero attached hydrogens (tertiary/aromatic N) is 1. The lowest BCUT2D eigenvalue weighted by Gasteiger charge is -2.03. The molecular formula is C11H16N2O. The number of hydrogen-bond donors (Lipinski definition) is 1. The molecule has 76 valence electrons. The average Bonchev–Trinajstić information content (AvgIpc) is 2.16. The van der Waals surface area contributed by atoms with Crippen LogP contribution >= 0.6 is 0 Å². The van der Waals surface area contributed by atoms with Crippen molar-refractivity contribution < 1.29 is 4.79 Å². The number of allylic oxidation sites excluding steroid dienone is 4. The number of nitriles is 1. The van der Waals surface area contributed by atoms with Crippen LogP contribution in [0.15, 0.2) is 22.9 Å². The van der Waals surface area contributed by atoms with Crippen molar-refractivity contribution in [3.05, 3.63) is 22.9 Å². The second-order valence-corrected chi connectivity index (χ2v) is 3.10. The zero-order valence-corrected chi connectivity index (χ0v) is 8.92. The molecule has 0 saturated heterocycles. The predicted molar refractivity (Wildman–Crippen MR) is 56.2 cm³/mol. The molecule has 0 aromatic carbocycles. The van der Waals surface area contributed by atoms with Crippen molar-refractivity contribution in [2.24, 2.45) is 0 Å². The molecule has 3 heteroatoms. The summed E-state index contributed by atoms with van der Waals surface area (Å²) in [7, 11) is 0. The van der Waals surface area contributed by atoms with Gasteiger partial charge in [-0.1, -0.05) is 13.3 Å². The summed E-state index contributed by atoms with van der Waals surface area (Å²) in [4.78, 5) is 10.2. The smallest absolute Gasteiger partial charge is 0.211 e. The van der Waals surface area contributed by atoms with Gasteiger partial charge < -0.3 is 5.32 Å². The van der Waals surface area contributed by atoms with Crippen LogP contribution < -0.4 is 5.32 Å². The summed E-state index contributed by atoms with van der Waals surface area (Å²) in [6.07, 6.45) is 4.32. The largest absolute Gasteiger partial charge is 0.333 e. The summed E-state index contributed by atoms with van der Waals surface area (Å²) in [6, 6.07) is 2.12. The standard InChI is InChI=1S/C11H16N2O/c1-4-5-11(9(2)7-12)6-10(3)13-8-14/h6,8H,4-5H2,1-3H3,(H,13,14)/b10-6-,11-9+. The zero-order valence-electron chi connectivity index (χ0n) is 8.92. The maximum absolute atomic E-state index is 10.2. The highest BCUT2D eigenvalue weighted by Gasteiger charge is 1.98. The van der Waals surface area contributed by atoms with Gasteiger partial charge in [-0.3, -0.25) is 4.79 Å². The second kappa shape index (κ2) is 6.90. The molecule has 0 spiro atoms. The van der Waals surface area contributed by atoms with Crippen LogP contribution in [0.3, 0.4) is 0 Å². The first kappa shape index (κ1) is 12.4. The van der Waals surface area contributed by atoms with E-state index >= 15 is 0 Å². The highest BCUT2D eigenvalue weighted by molar-refractivity contribution is 5.50. The lowest BCUT2D eigenvalue weighted by Crippen LogP contribution is -2.07. The molecule has 1 N–H and O–H groups in total. The van der Waals surface area contributed by atoms with Crippen molar-refractivity contribution in [2.45, 2.75) is 33.6 Å². The summed E-state index contributed by atoms with van der Waals surface area (Å²) < 4.78 is 0. The van der Waals surface area contributed by atoms with E-state index in [9.17, 15) is 4.79 Å². The molecule has 0 aromatic rings. The Morgan fingerprint density at radius 2 is 2.14 bits per heavy atom. The first-order chi connectivity index (χ1) is 6.65. The Labute approximate surface area is 85.1 Å². The lowest BCUT2D eigenvalue weighted by molar-refractivity contribution is -0.108. The minimum Gasteiger partial charge on any atom is -0.333 e. The molecular weight excluding hydrogens is 176 g/mol. The normalized spacial score (nSPS) is 12.9. The third-order valence-electron chi connectivity index (χ3n) is 1.85. The van der Waals surface area contributed by atoms with Crippen molar-refractivity contribution in [3.8, 4) is 6.07 Å². The SMILES string of the molecule is CCCC(/C=C(/C)NC=O)=C(/C)C#N. The van der Waals surface area contributed by atoms with Gasteiger partial charge in [0.15, 0.2) is 0 Å². The minimum absolute atomic E-state index is 0.636. The van der Waals surface area contributed by atoms with E-state index in [0.717, 1.165) is 24.1 Å². The molecule has 0 saturated carbocycles. The Morgan fingerprint density at radius 1 is 1.50 bits per heavy atom. The summed E-state index contributed by atoms with van der Waals surface area (Å²) >= 11 is 0. The van der Waals surface area contributed by atoms with Crippen molar-refractivity contribution in [3.63, 3.8) is 0 Å². The summed E-state index contributed by atoms with van der Waals surface area (Å²) in [6.45, 7) is 5.64. The van der Waals surface area contributed by atoms with Crippen molar-refractivity contribution >= 4 is 6.41 Å². The molecule has 14 heavy (non-hydrogen) atoms. The number of rotatable bonds is 5. The molecule has 0 aliphatic heterocycles. The van der Waals surface area contributed by atoms with Gasteiger partial charge in [0.1, 0.15) is 0 Å². The quantitative estimate of drug-likeness (QED) is 0.412. The summed E-state index contributed by atoms with van der Waals surface area (Å²) in [5, 5.41) is 11.3. The molecule has 0 bridgehead atoms. The monoisotopic (exact) mass is 192 g/mol. The average molecular weight is 192 g/mol. The van der Waals surface area contributed by atoms with E-state index in [-0.39, 0.29) is 0 Å². The van der Waals surface area contributed by atoms with Crippen LogP contribution in [-0.4, -0.2) is 6.41 Å². The Morgan fingerprint density at radius 3 is 2.57 bits per heavy atom. The van der Waals surface area contributed by atoms with Crippen molar-refractivity contribution in [2.75, 3.05) is 0 Å². The second-order valence-electron chi connectivity index (χ2n) is 3.10. The van der Waals surface area contributed by atoms with Crippen LogP contribution in [-0.2, 0) is 4.79 Å². The lowest BCUT2D eigenvalue weighted by atomic mass is 10.0. The van der Waals surface area contributed by atoms with E-state index in [0.29, 0.717) is 12.0 Å². The van der Waals surface area contributed by atoms with E-state index < -0.39 is 0 Å². The van der Waals surface area contributed by atoms with Gasteiger partial charge in [-0.25, -0.2) is 0 Å². The third kappa shape index (κ3) is 4.46. The van der Waals surface area contributed by atoms with Gasteiger partial charge in [0, 0.05) is 11.3 Å². The molecule has 0 aromatic heterocycles. The molecule has 0 heterocycles. The molecule has 0 atom stereocenters. The van der Waals surface area contributed by atoms with E-state index in [4.69, 9.17) is 5.26 Å². The third-order valence-corrected chi connectivity index (χ3v) is 1.85. The topological polar surface area (TPSA) is 52.9 Å². The molecule has 0 fully saturated rings. The Bertz CT molecular complexity index is 295. The number of hydrogen-bond acceptors (Lipinski definition) is 2.